The van der Waals surface area contributed by atoms with Crippen molar-refractivity contribution in [2.45, 2.75) is 17.7 Å². The van der Waals surface area contributed by atoms with Crippen LogP contribution in [0.4, 0.5) is 13.2 Å². The van der Waals surface area contributed by atoms with Gasteiger partial charge in [-0.05, 0) is 35.0 Å². The molecule has 5 rings (SSSR count). The maximum absolute atomic E-state index is 15.0. The summed E-state index contributed by atoms with van der Waals surface area (Å²) in [6.45, 7) is 0. The maximum Gasteiger partial charge on any atom is 0.422 e. The van der Waals surface area contributed by atoms with Gasteiger partial charge in [0, 0.05) is 40.1 Å². The van der Waals surface area contributed by atoms with E-state index in [1.807, 2.05) is 0 Å². The van der Waals surface area contributed by atoms with E-state index in [-0.39, 0.29) is 28.0 Å². The smallest absolute Gasteiger partial charge is 0.422 e. The minimum atomic E-state index is -5.09. The summed E-state index contributed by atoms with van der Waals surface area (Å²) in [6.07, 6.45) is -2.25. The largest absolute Gasteiger partial charge is 0.508 e. The molecule has 3 N–H and O–H groups in total. The van der Waals surface area contributed by atoms with Gasteiger partial charge < -0.3 is 15.2 Å². The van der Waals surface area contributed by atoms with Gasteiger partial charge in [0.25, 0.3) is 0 Å². The number of H-pyrrole nitrogens is 1. The van der Waals surface area contributed by atoms with E-state index in [0.29, 0.717) is 16.3 Å². The van der Waals surface area contributed by atoms with Crippen molar-refractivity contribution in [3.05, 3.63) is 108 Å². The highest BCUT2D eigenvalue weighted by Crippen LogP contribution is 2.54. The number of aromatic amines is 1. The van der Waals surface area contributed by atoms with Crippen LogP contribution < -0.4 is 0 Å². The van der Waals surface area contributed by atoms with Crippen molar-refractivity contribution in [3.63, 3.8) is 0 Å². The Morgan fingerprint density at radius 2 is 1.58 bits per heavy atom. The predicted molar refractivity (Wildman–Crippen MR) is 120 cm³/mol. The van der Waals surface area contributed by atoms with Crippen LogP contribution in [-0.4, -0.2) is 26.4 Å². The van der Waals surface area contributed by atoms with Gasteiger partial charge in [0.2, 0.25) is 0 Å². The molecule has 2 atom stereocenters. The van der Waals surface area contributed by atoms with Crippen LogP contribution >= 0.6 is 0 Å². The third-order valence-corrected chi connectivity index (χ3v) is 6.05. The van der Waals surface area contributed by atoms with Gasteiger partial charge in [0.05, 0.1) is 5.92 Å². The lowest BCUT2D eigenvalue weighted by Crippen LogP contribution is -2.48. The number of hydrogen-bond donors (Lipinski definition) is 3. The molecule has 7 heteroatoms. The van der Waals surface area contributed by atoms with E-state index < -0.39 is 17.7 Å². The van der Waals surface area contributed by atoms with E-state index in [0.717, 1.165) is 0 Å². The summed E-state index contributed by atoms with van der Waals surface area (Å²) in [4.78, 5) is 7.03. The lowest BCUT2D eigenvalue weighted by atomic mass is 9.73. The van der Waals surface area contributed by atoms with E-state index in [1.54, 1.807) is 36.4 Å². The Morgan fingerprint density at radius 1 is 0.848 bits per heavy atom. The molecule has 0 saturated carbocycles. The van der Waals surface area contributed by atoms with E-state index in [1.165, 1.54) is 54.9 Å². The molecule has 2 heterocycles. The molecule has 2 unspecified atom stereocenters. The molecule has 33 heavy (non-hydrogen) atoms. The SMILES string of the molecule is Oc1ccccc1C(c1cc2ccccc2[nH]1)C(O)(c1cccc2cnccc12)C(F)(F)F. The Hall–Kier alpha value is -3.84. The number of alkyl halides is 3. The summed E-state index contributed by atoms with van der Waals surface area (Å²) in [6, 6.07) is 20.2. The second-order valence-corrected chi connectivity index (χ2v) is 7.97. The van der Waals surface area contributed by atoms with Gasteiger partial charge in [-0.15, -0.1) is 0 Å². The highest BCUT2D eigenvalue weighted by molar-refractivity contribution is 5.86. The molecule has 4 nitrogen and oxygen atoms in total. The Morgan fingerprint density at radius 3 is 2.33 bits per heavy atom. The number of phenolic OH excluding ortho intramolecular Hbond substituents is 1. The van der Waals surface area contributed by atoms with Gasteiger partial charge in [0.15, 0.2) is 5.60 Å². The molecule has 0 amide bonds. The summed E-state index contributed by atoms with van der Waals surface area (Å²) in [5.74, 6) is -2.02. The number of nitrogens with one attached hydrogen (secondary N) is 1. The summed E-state index contributed by atoms with van der Waals surface area (Å²) in [7, 11) is 0. The number of para-hydroxylation sites is 2. The normalized spacial score (nSPS) is 14.9. The molecule has 5 aromatic rings. The van der Waals surface area contributed by atoms with Crippen LogP contribution in [0.2, 0.25) is 0 Å². The first-order valence-corrected chi connectivity index (χ1v) is 10.3. The van der Waals surface area contributed by atoms with Crippen molar-refractivity contribution in [2.75, 3.05) is 0 Å². The maximum atomic E-state index is 15.0. The van der Waals surface area contributed by atoms with Crippen LogP contribution in [0, 0.1) is 0 Å². The van der Waals surface area contributed by atoms with Gasteiger partial charge in [-0.2, -0.15) is 13.2 Å². The second-order valence-electron chi connectivity index (χ2n) is 7.97. The standard InChI is InChI=1S/C26H19F3N2O2/c27-26(28,29)25(33,20-9-5-7-17-15-30-13-12-18(17)20)24(19-8-2-4-11-23(19)32)22-14-16-6-1-3-10-21(16)31-22/h1-15,24,31-33H. The van der Waals surface area contributed by atoms with Crippen molar-refractivity contribution in [2.24, 2.45) is 0 Å². The van der Waals surface area contributed by atoms with Crippen molar-refractivity contribution in [3.8, 4) is 5.75 Å². The molecule has 0 spiro atoms. The first-order chi connectivity index (χ1) is 15.8. The van der Waals surface area contributed by atoms with Gasteiger partial charge in [0.1, 0.15) is 5.75 Å². The number of hydrogen-bond acceptors (Lipinski definition) is 3. The second kappa shape index (κ2) is 7.64. The summed E-state index contributed by atoms with van der Waals surface area (Å²) >= 11 is 0. The third kappa shape index (κ3) is 3.32. The monoisotopic (exact) mass is 448 g/mol. The number of phenols is 1. The van der Waals surface area contributed by atoms with E-state index in [4.69, 9.17) is 0 Å². The first-order valence-electron chi connectivity index (χ1n) is 10.3. The van der Waals surface area contributed by atoms with Crippen LogP contribution in [-0.2, 0) is 5.60 Å². The van der Waals surface area contributed by atoms with Crippen LogP contribution in [0.5, 0.6) is 5.75 Å². The molecule has 2 aromatic heterocycles. The topological polar surface area (TPSA) is 69.1 Å². The molecule has 0 fully saturated rings. The molecular weight excluding hydrogens is 429 g/mol. The number of fused-ring (bicyclic) bond motifs is 2. The third-order valence-electron chi connectivity index (χ3n) is 6.05. The number of aliphatic hydroxyl groups is 1. The molecule has 0 saturated heterocycles. The van der Waals surface area contributed by atoms with Crippen molar-refractivity contribution >= 4 is 21.7 Å². The zero-order valence-electron chi connectivity index (χ0n) is 17.2. The zero-order chi connectivity index (χ0) is 23.2. The van der Waals surface area contributed by atoms with E-state index in [9.17, 15) is 23.4 Å². The zero-order valence-corrected chi connectivity index (χ0v) is 17.2. The van der Waals surface area contributed by atoms with Gasteiger partial charge in [-0.3, -0.25) is 4.98 Å². The average Bonchev–Trinajstić information content (AvgIpc) is 3.23. The molecule has 3 aromatic carbocycles. The molecule has 0 aliphatic carbocycles. The van der Waals surface area contributed by atoms with E-state index in [2.05, 4.69) is 9.97 Å². The first kappa shape index (κ1) is 21.0. The number of aromatic hydroxyl groups is 1. The van der Waals surface area contributed by atoms with Crippen molar-refractivity contribution < 1.29 is 23.4 Å². The fourth-order valence-electron chi connectivity index (χ4n) is 4.53. The molecule has 0 bridgehead atoms. The number of benzene rings is 3. The minimum absolute atomic E-state index is 0.0464. The Kier molecular flexibility index (Phi) is 4.87. The number of halogens is 3. The molecule has 0 aliphatic heterocycles. The number of pyridine rings is 1. The Bertz CT molecular complexity index is 1420. The van der Waals surface area contributed by atoms with Gasteiger partial charge in [-0.25, -0.2) is 0 Å². The molecule has 0 radical (unpaired) electrons. The Balaban J connectivity index is 1.88. The number of rotatable bonds is 4. The van der Waals surface area contributed by atoms with Crippen LogP contribution in [0.25, 0.3) is 21.7 Å². The highest BCUT2D eigenvalue weighted by atomic mass is 19.4. The Labute approximate surface area is 187 Å². The fourth-order valence-corrected chi connectivity index (χ4v) is 4.53. The van der Waals surface area contributed by atoms with Gasteiger partial charge >= 0.3 is 6.18 Å². The van der Waals surface area contributed by atoms with Crippen molar-refractivity contribution in [1.29, 1.82) is 0 Å². The van der Waals surface area contributed by atoms with E-state index >= 15 is 0 Å². The van der Waals surface area contributed by atoms with Crippen LogP contribution in [0.1, 0.15) is 22.7 Å². The minimum Gasteiger partial charge on any atom is -0.508 e. The van der Waals surface area contributed by atoms with Crippen LogP contribution in [0.3, 0.4) is 0 Å². The average molecular weight is 448 g/mol. The molecule has 166 valence electrons. The lowest BCUT2D eigenvalue weighted by molar-refractivity contribution is -0.272. The number of nitrogens with zero attached hydrogens (tertiary/aromatic N) is 1. The van der Waals surface area contributed by atoms with Crippen molar-refractivity contribution in [1.82, 2.24) is 9.97 Å². The summed E-state index contributed by atoms with van der Waals surface area (Å²) < 4.78 is 44.9. The summed E-state index contributed by atoms with van der Waals surface area (Å²) in [5.41, 5.74) is -2.98. The fraction of sp³-hybridized carbons (Fsp3) is 0.115. The van der Waals surface area contributed by atoms with Crippen LogP contribution in [0.15, 0.2) is 91.3 Å². The van der Waals surface area contributed by atoms with Gasteiger partial charge in [-0.1, -0.05) is 54.6 Å². The quantitative estimate of drug-likeness (QED) is 0.316. The number of aromatic nitrogens is 2. The predicted octanol–water partition coefficient (Wildman–Crippen LogP) is 6.00. The highest BCUT2D eigenvalue weighted by Gasteiger charge is 2.61. The lowest BCUT2D eigenvalue weighted by Gasteiger charge is -2.39. The molecule has 0 aliphatic rings. The molecular formula is C26H19F3N2O2. The summed E-state index contributed by atoms with van der Waals surface area (Å²) in [5, 5.41) is 23.7.